The van der Waals surface area contributed by atoms with Gasteiger partial charge in [-0.3, -0.25) is 5.43 Å². The van der Waals surface area contributed by atoms with E-state index in [1.165, 1.54) is 0 Å². The lowest BCUT2D eigenvalue weighted by Crippen LogP contribution is -1.96. The van der Waals surface area contributed by atoms with Crippen molar-refractivity contribution in [1.29, 1.82) is 15.8 Å². The first-order valence-electron chi connectivity index (χ1n) is 6.01. The van der Waals surface area contributed by atoms with Crippen LogP contribution in [-0.4, -0.2) is 5.71 Å². The summed E-state index contributed by atoms with van der Waals surface area (Å²) >= 11 is 0. The number of rotatable bonds is 3. The van der Waals surface area contributed by atoms with Crippen molar-refractivity contribution in [2.75, 3.05) is 5.43 Å². The van der Waals surface area contributed by atoms with Crippen LogP contribution in [0.25, 0.3) is 11.1 Å². The molecule has 0 amide bonds. The Morgan fingerprint density at radius 1 is 0.905 bits per heavy atom. The van der Waals surface area contributed by atoms with Gasteiger partial charge in [0.05, 0.1) is 17.3 Å². The first-order valence-corrected chi connectivity index (χ1v) is 6.01. The Morgan fingerprint density at radius 3 is 2.24 bits per heavy atom. The quantitative estimate of drug-likeness (QED) is 0.685. The number of hydrazone groups is 1. The SMILES string of the molecule is N#CC(C#N)=NNc1cccc(-c2ccc(C#N)cc2)c1. The van der Waals surface area contributed by atoms with Gasteiger partial charge in [-0.05, 0) is 35.4 Å². The highest BCUT2D eigenvalue weighted by molar-refractivity contribution is 6.10. The van der Waals surface area contributed by atoms with Crippen molar-refractivity contribution in [2.45, 2.75) is 0 Å². The van der Waals surface area contributed by atoms with Crippen LogP contribution >= 0.6 is 0 Å². The molecule has 2 rings (SSSR count). The molecule has 2 aromatic rings. The molecule has 5 heteroatoms. The third kappa shape index (κ3) is 3.44. The van der Waals surface area contributed by atoms with Gasteiger partial charge in [0.2, 0.25) is 5.71 Å². The summed E-state index contributed by atoms with van der Waals surface area (Å²) in [5.41, 5.74) is 5.60. The molecule has 0 bridgehead atoms. The smallest absolute Gasteiger partial charge is 0.237 e. The average Bonchev–Trinajstić information content (AvgIpc) is 2.56. The molecule has 2 aromatic carbocycles. The molecule has 0 fully saturated rings. The monoisotopic (exact) mass is 271 g/mol. The Labute approximate surface area is 122 Å². The van der Waals surface area contributed by atoms with E-state index in [0.717, 1.165) is 11.1 Å². The van der Waals surface area contributed by atoms with Crippen molar-refractivity contribution < 1.29 is 0 Å². The summed E-state index contributed by atoms with van der Waals surface area (Å²) in [6.07, 6.45) is 0. The first-order chi connectivity index (χ1) is 10.3. The van der Waals surface area contributed by atoms with Crippen LogP contribution < -0.4 is 5.43 Å². The van der Waals surface area contributed by atoms with Gasteiger partial charge < -0.3 is 0 Å². The van der Waals surface area contributed by atoms with Gasteiger partial charge in [-0.25, -0.2) is 0 Å². The Hall–Kier alpha value is -3.62. The number of nitriles is 3. The van der Waals surface area contributed by atoms with E-state index in [-0.39, 0.29) is 5.71 Å². The number of hydrogen-bond acceptors (Lipinski definition) is 5. The highest BCUT2D eigenvalue weighted by atomic mass is 15.3. The highest BCUT2D eigenvalue weighted by Crippen LogP contribution is 2.23. The van der Waals surface area contributed by atoms with Crippen LogP contribution in [-0.2, 0) is 0 Å². The van der Waals surface area contributed by atoms with Gasteiger partial charge >= 0.3 is 0 Å². The molecular weight excluding hydrogens is 262 g/mol. The minimum absolute atomic E-state index is 0.237. The van der Waals surface area contributed by atoms with Crippen molar-refractivity contribution in [3.05, 3.63) is 54.1 Å². The van der Waals surface area contributed by atoms with Gasteiger partial charge in [-0.15, -0.1) is 0 Å². The van der Waals surface area contributed by atoms with Crippen LogP contribution in [0.15, 0.2) is 53.6 Å². The molecule has 0 saturated heterocycles. The van der Waals surface area contributed by atoms with Crippen LogP contribution in [0.5, 0.6) is 0 Å². The number of nitrogens with zero attached hydrogens (tertiary/aromatic N) is 4. The average molecular weight is 271 g/mol. The predicted molar refractivity (Wildman–Crippen MR) is 78.9 cm³/mol. The van der Waals surface area contributed by atoms with Gasteiger partial charge in [0.1, 0.15) is 12.1 Å². The van der Waals surface area contributed by atoms with Crippen LogP contribution in [0.2, 0.25) is 0 Å². The Kier molecular flexibility index (Phi) is 4.28. The zero-order chi connectivity index (χ0) is 15.1. The molecule has 0 aliphatic heterocycles. The van der Waals surface area contributed by atoms with Crippen molar-refractivity contribution in [3.8, 4) is 29.3 Å². The fraction of sp³-hybridized carbons (Fsp3) is 0. The molecule has 1 N–H and O–H groups in total. The summed E-state index contributed by atoms with van der Waals surface area (Å²) in [5.74, 6) is 0. The summed E-state index contributed by atoms with van der Waals surface area (Å²) in [6.45, 7) is 0. The van der Waals surface area contributed by atoms with Gasteiger partial charge in [0.15, 0.2) is 0 Å². The minimum atomic E-state index is -0.237. The van der Waals surface area contributed by atoms with E-state index in [9.17, 15) is 0 Å². The second-order valence-electron chi connectivity index (χ2n) is 4.07. The highest BCUT2D eigenvalue weighted by Gasteiger charge is 2.00. The molecular formula is C16H9N5. The van der Waals surface area contributed by atoms with E-state index >= 15 is 0 Å². The molecule has 5 nitrogen and oxygen atoms in total. The minimum Gasteiger partial charge on any atom is -0.276 e. The fourth-order valence-corrected chi connectivity index (χ4v) is 1.70. The van der Waals surface area contributed by atoms with Gasteiger partial charge in [-0.2, -0.15) is 20.9 Å². The maximum atomic E-state index is 8.78. The first kappa shape index (κ1) is 13.8. The van der Waals surface area contributed by atoms with Crippen LogP contribution in [0.3, 0.4) is 0 Å². The Bertz CT molecular complexity index is 782. The number of benzene rings is 2. The molecule has 0 aliphatic rings. The van der Waals surface area contributed by atoms with Gasteiger partial charge in [0, 0.05) is 0 Å². The van der Waals surface area contributed by atoms with E-state index < -0.39 is 0 Å². The zero-order valence-corrected chi connectivity index (χ0v) is 10.9. The lowest BCUT2D eigenvalue weighted by Gasteiger charge is -2.05. The fourth-order valence-electron chi connectivity index (χ4n) is 1.70. The molecule has 0 aromatic heterocycles. The molecule has 0 unspecified atom stereocenters. The van der Waals surface area contributed by atoms with Crippen molar-refractivity contribution in [1.82, 2.24) is 0 Å². The molecule has 0 atom stereocenters. The van der Waals surface area contributed by atoms with Crippen LogP contribution in [0.4, 0.5) is 5.69 Å². The van der Waals surface area contributed by atoms with E-state index in [4.69, 9.17) is 15.8 Å². The van der Waals surface area contributed by atoms with Crippen molar-refractivity contribution in [3.63, 3.8) is 0 Å². The summed E-state index contributed by atoms with van der Waals surface area (Å²) in [5, 5.41) is 29.7. The lowest BCUT2D eigenvalue weighted by molar-refractivity contribution is 1.34. The Morgan fingerprint density at radius 2 is 1.62 bits per heavy atom. The largest absolute Gasteiger partial charge is 0.276 e. The molecule has 0 aliphatic carbocycles. The molecule has 21 heavy (non-hydrogen) atoms. The third-order valence-electron chi connectivity index (χ3n) is 2.72. The molecule has 98 valence electrons. The number of anilines is 1. The standard InChI is InChI=1S/C16H9N5/c17-9-12-4-6-13(7-5-12)14-2-1-3-15(8-14)20-21-16(10-18)11-19/h1-8,20H. The second-order valence-corrected chi connectivity index (χ2v) is 4.07. The second kappa shape index (κ2) is 6.52. The van der Waals surface area contributed by atoms with Gasteiger partial charge in [0.25, 0.3) is 0 Å². The summed E-state index contributed by atoms with van der Waals surface area (Å²) < 4.78 is 0. The van der Waals surface area contributed by atoms with Crippen LogP contribution in [0, 0.1) is 34.0 Å². The molecule has 0 spiro atoms. The maximum absolute atomic E-state index is 8.78. The van der Waals surface area contributed by atoms with Crippen LogP contribution in [0.1, 0.15) is 5.56 Å². The van der Waals surface area contributed by atoms with E-state index in [2.05, 4.69) is 16.6 Å². The zero-order valence-electron chi connectivity index (χ0n) is 10.9. The normalized spacial score (nSPS) is 8.81. The Balaban J connectivity index is 2.26. The van der Waals surface area contributed by atoms with E-state index in [0.29, 0.717) is 11.3 Å². The summed E-state index contributed by atoms with van der Waals surface area (Å²) in [7, 11) is 0. The third-order valence-corrected chi connectivity index (χ3v) is 2.72. The summed E-state index contributed by atoms with van der Waals surface area (Å²) in [6, 6.07) is 20.0. The molecule has 0 saturated carbocycles. The topological polar surface area (TPSA) is 95.8 Å². The van der Waals surface area contributed by atoms with Crippen molar-refractivity contribution >= 4 is 11.4 Å². The lowest BCUT2D eigenvalue weighted by atomic mass is 10.0. The molecule has 0 heterocycles. The number of hydrogen-bond donors (Lipinski definition) is 1. The summed E-state index contributed by atoms with van der Waals surface area (Å²) in [4.78, 5) is 0. The maximum Gasteiger partial charge on any atom is 0.237 e. The van der Waals surface area contributed by atoms with Gasteiger partial charge in [-0.1, -0.05) is 24.3 Å². The molecule has 0 radical (unpaired) electrons. The van der Waals surface area contributed by atoms with E-state index in [1.54, 1.807) is 30.3 Å². The van der Waals surface area contributed by atoms with Crippen molar-refractivity contribution in [2.24, 2.45) is 5.10 Å². The van der Waals surface area contributed by atoms with E-state index in [1.807, 2.05) is 30.3 Å². The predicted octanol–water partition coefficient (Wildman–Crippen LogP) is 3.04. The number of nitrogens with one attached hydrogen (secondary N) is 1.